The van der Waals surface area contributed by atoms with Crippen LogP contribution in [0.15, 0.2) is 66.7 Å². The van der Waals surface area contributed by atoms with Crippen molar-refractivity contribution in [2.24, 2.45) is 5.41 Å². The Morgan fingerprint density at radius 3 is 2.34 bits per heavy atom. The van der Waals surface area contributed by atoms with E-state index in [0.717, 1.165) is 5.56 Å². The van der Waals surface area contributed by atoms with Gasteiger partial charge >= 0.3 is 0 Å². The van der Waals surface area contributed by atoms with E-state index in [1.807, 2.05) is 35.2 Å². The van der Waals surface area contributed by atoms with Crippen LogP contribution in [-0.2, 0) is 11.2 Å². The fourth-order valence-corrected chi connectivity index (χ4v) is 5.45. The van der Waals surface area contributed by atoms with E-state index in [4.69, 9.17) is 20.2 Å². The van der Waals surface area contributed by atoms with Crippen molar-refractivity contribution in [1.29, 1.82) is 0 Å². The topological polar surface area (TPSA) is 123 Å². The second-order valence-electron chi connectivity index (χ2n) is 10.3. The molecule has 3 aromatic carbocycles. The van der Waals surface area contributed by atoms with Crippen molar-refractivity contribution < 1.29 is 23.8 Å². The van der Waals surface area contributed by atoms with Crippen LogP contribution in [0.3, 0.4) is 0 Å². The summed E-state index contributed by atoms with van der Waals surface area (Å²) in [5.41, 5.74) is 7.92. The van der Waals surface area contributed by atoms with E-state index < -0.39 is 11.5 Å². The molecule has 4 N–H and O–H groups in total. The molecule has 4 aromatic rings. The van der Waals surface area contributed by atoms with E-state index in [0.29, 0.717) is 72.1 Å². The van der Waals surface area contributed by atoms with Gasteiger partial charge in [0, 0.05) is 24.5 Å². The summed E-state index contributed by atoms with van der Waals surface area (Å²) >= 11 is 0. The summed E-state index contributed by atoms with van der Waals surface area (Å²) in [6.45, 7) is 0.751. The lowest BCUT2D eigenvalue weighted by Gasteiger charge is -2.41. The number of halogens is 1. The summed E-state index contributed by atoms with van der Waals surface area (Å²) in [5, 5.41) is 13.8. The first kappa shape index (κ1) is 28.1. The molecule has 0 aliphatic carbocycles. The van der Waals surface area contributed by atoms with Gasteiger partial charge in [0.05, 0.1) is 37.8 Å². The third-order valence-corrected chi connectivity index (χ3v) is 7.85. The fraction of sp³-hybridized carbons (Fsp3) is 0.323. The molecule has 9 nitrogen and oxygen atoms in total. The number of piperidine rings is 1. The van der Waals surface area contributed by atoms with Gasteiger partial charge in [-0.2, -0.15) is 4.98 Å². The van der Waals surface area contributed by atoms with Gasteiger partial charge in [0.25, 0.3) is 0 Å². The molecule has 1 fully saturated rings. The van der Waals surface area contributed by atoms with Gasteiger partial charge in [-0.25, -0.2) is 9.37 Å². The van der Waals surface area contributed by atoms with Crippen LogP contribution in [0, 0.1) is 11.2 Å². The Hall–Kier alpha value is -4.44. The molecule has 5 rings (SSSR count). The lowest BCUT2D eigenvalue weighted by molar-refractivity contribution is -0.133. The number of aliphatic hydroxyl groups is 1. The predicted octanol–water partition coefficient (Wildman–Crippen LogP) is 4.05. The molecule has 0 radical (unpaired) electrons. The number of aromatic nitrogens is 2. The second-order valence-corrected chi connectivity index (χ2v) is 10.3. The van der Waals surface area contributed by atoms with Crippen LogP contribution in [0.1, 0.15) is 30.0 Å². The number of hydrogen-bond acceptors (Lipinski definition) is 8. The summed E-state index contributed by atoms with van der Waals surface area (Å²) in [6, 6.07) is 18.6. The smallest absolute Gasteiger partial charge is 0.227 e. The zero-order valence-corrected chi connectivity index (χ0v) is 23.1. The highest BCUT2D eigenvalue weighted by Crippen LogP contribution is 2.39. The summed E-state index contributed by atoms with van der Waals surface area (Å²) in [5.74, 6) is 1.37. The molecular weight excluding hydrogens is 525 g/mol. The lowest BCUT2D eigenvalue weighted by Crippen LogP contribution is -2.51. The van der Waals surface area contributed by atoms with E-state index in [2.05, 4.69) is 10.3 Å². The largest absolute Gasteiger partial charge is 0.493 e. The Morgan fingerprint density at radius 1 is 1.05 bits per heavy atom. The van der Waals surface area contributed by atoms with Crippen molar-refractivity contribution in [1.82, 2.24) is 15.3 Å². The molecule has 1 aliphatic rings. The van der Waals surface area contributed by atoms with E-state index in [-0.39, 0.29) is 18.3 Å². The van der Waals surface area contributed by atoms with Crippen molar-refractivity contribution >= 4 is 28.6 Å². The Balaban J connectivity index is 1.40. The molecule has 0 spiro atoms. The highest BCUT2D eigenvalue weighted by atomic mass is 19.1. The molecule has 214 valence electrons. The number of aliphatic hydroxyl groups excluding tert-OH is 1. The summed E-state index contributed by atoms with van der Waals surface area (Å²) in [4.78, 5) is 25.3. The molecule has 1 atom stereocenters. The number of nitrogen functional groups attached to an aromatic ring is 1. The summed E-state index contributed by atoms with van der Waals surface area (Å²) in [7, 11) is 3.12. The van der Waals surface area contributed by atoms with E-state index >= 15 is 0 Å². The zero-order valence-electron chi connectivity index (χ0n) is 23.1. The first-order valence-corrected chi connectivity index (χ1v) is 13.5. The number of rotatable bonds is 9. The number of carbonyl (C=O) groups is 1. The van der Waals surface area contributed by atoms with Crippen molar-refractivity contribution in [3.8, 4) is 11.5 Å². The quantitative estimate of drug-likeness (QED) is 0.281. The van der Waals surface area contributed by atoms with Crippen LogP contribution in [0.2, 0.25) is 0 Å². The van der Waals surface area contributed by atoms with Crippen LogP contribution in [0.4, 0.5) is 16.2 Å². The monoisotopic (exact) mass is 559 g/mol. The van der Waals surface area contributed by atoms with Crippen molar-refractivity contribution in [3.05, 3.63) is 83.7 Å². The number of benzene rings is 3. The molecule has 1 aliphatic heterocycles. The van der Waals surface area contributed by atoms with Gasteiger partial charge in [0.1, 0.15) is 11.6 Å². The van der Waals surface area contributed by atoms with Gasteiger partial charge < -0.3 is 30.5 Å². The van der Waals surface area contributed by atoms with Crippen molar-refractivity contribution in [2.75, 3.05) is 44.5 Å². The minimum absolute atomic E-state index is 0.153. The number of nitrogens with one attached hydrogen (secondary N) is 1. The number of ether oxygens (including phenoxy) is 2. The Kier molecular flexibility index (Phi) is 8.21. The molecule has 0 saturated carbocycles. The fourth-order valence-electron chi connectivity index (χ4n) is 5.45. The van der Waals surface area contributed by atoms with Crippen molar-refractivity contribution in [3.63, 3.8) is 0 Å². The number of methoxy groups -OCH3 is 2. The highest BCUT2D eigenvalue weighted by molar-refractivity contribution is 5.92. The van der Waals surface area contributed by atoms with Crippen LogP contribution >= 0.6 is 0 Å². The Morgan fingerprint density at radius 2 is 1.71 bits per heavy atom. The SMILES string of the molecule is COc1cc2nc(N3CCC(Cc4ccccc4)(C(=O)N[C@@H](CO)c4ccc(F)cc4)CC3)nc(N)c2cc1OC. The third-order valence-electron chi connectivity index (χ3n) is 7.85. The van der Waals surface area contributed by atoms with Gasteiger partial charge in [-0.3, -0.25) is 4.79 Å². The summed E-state index contributed by atoms with van der Waals surface area (Å²) < 4.78 is 24.3. The Bertz CT molecular complexity index is 1510. The Labute approximate surface area is 238 Å². The molecule has 2 heterocycles. The van der Waals surface area contributed by atoms with Crippen LogP contribution in [0.5, 0.6) is 11.5 Å². The first-order valence-electron chi connectivity index (χ1n) is 13.5. The number of nitrogens with two attached hydrogens (primary N) is 1. The molecule has 1 saturated heterocycles. The zero-order chi connectivity index (χ0) is 29.0. The maximum Gasteiger partial charge on any atom is 0.227 e. The average molecular weight is 560 g/mol. The predicted molar refractivity (Wildman–Crippen MR) is 155 cm³/mol. The van der Waals surface area contributed by atoms with Crippen LogP contribution in [0.25, 0.3) is 10.9 Å². The van der Waals surface area contributed by atoms with Gasteiger partial charge in [-0.05, 0) is 48.6 Å². The molecule has 10 heteroatoms. The standard InChI is InChI=1S/C31H34FN5O4/c1-40-26-16-23-24(17-27(26)41-2)35-30(36-28(23)33)37-14-12-31(13-15-37,18-20-6-4-3-5-7-20)29(39)34-25(19-38)21-8-10-22(32)11-9-21/h3-11,16-17,25,38H,12-15,18-19H2,1-2H3,(H,34,39)(H2,33,35,36)/t25-/m0/s1. The number of hydrogen-bond donors (Lipinski definition) is 3. The molecule has 0 unspecified atom stereocenters. The van der Waals surface area contributed by atoms with Gasteiger partial charge in [-0.1, -0.05) is 42.5 Å². The van der Waals surface area contributed by atoms with Gasteiger partial charge in [-0.15, -0.1) is 0 Å². The van der Waals surface area contributed by atoms with Crippen LogP contribution < -0.4 is 25.4 Å². The maximum atomic E-state index is 13.9. The van der Waals surface area contributed by atoms with E-state index in [1.165, 1.54) is 12.1 Å². The number of anilines is 2. The molecule has 1 amide bonds. The average Bonchev–Trinajstić information content (AvgIpc) is 3.00. The number of carbonyl (C=O) groups excluding carboxylic acids is 1. The number of nitrogens with zero attached hydrogens (tertiary/aromatic N) is 3. The van der Waals surface area contributed by atoms with Gasteiger partial charge in [0.15, 0.2) is 11.5 Å². The maximum absolute atomic E-state index is 13.9. The number of fused-ring (bicyclic) bond motifs is 1. The van der Waals surface area contributed by atoms with Gasteiger partial charge in [0.2, 0.25) is 11.9 Å². The van der Waals surface area contributed by atoms with E-state index in [9.17, 15) is 14.3 Å². The number of amides is 1. The van der Waals surface area contributed by atoms with E-state index in [1.54, 1.807) is 38.5 Å². The molecule has 0 bridgehead atoms. The molecule has 41 heavy (non-hydrogen) atoms. The lowest BCUT2D eigenvalue weighted by atomic mass is 9.72. The molecular formula is C31H34FN5O4. The third kappa shape index (κ3) is 5.88. The second kappa shape index (κ2) is 12.0. The normalized spacial score (nSPS) is 15.4. The van der Waals surface area contributed by atoms with Crippen LogP contribution in [-0.4, -0.2) is 54.9 Å². The summed E-state index contributed by atoms with van der Waals surface area (Å²) in [6.07, 6.45) is 1.60. The minimum atomic E-state index is -0.732. The minimum Gasteiger partial charge on any atom is -0.493 e. The first-order chi connectivity index (χ1) is 19.9. The molecule has 1 aromatic heterocycles. The highest BCUT2D eigenvalue weighted by Gasteiger charge is 2.42. The van der Waals surface area contributed by atoms with Crippen molar-refractivity contribution in [2.45, 2.75) is 25.3 Å².